The minimum absolute atomic E-state index is 0.00554. The molecule has 0 aliphatic heterocycles. The smallest absolute Gasteiger partial charge is 0.410 e. The number of carbonyl (C=O) groups excluding carboxylic acids is 1. The van der Waals surface area contributed by atoms with E-state index >= 15 is 0 Å². The van der Waals surface area contributed by atoms with Crippen LogP contribution in [0.3, 0.4) is 0 Å². The van der Waals surface area contributed by atoms with Gasteiger partial charge in [0.2, 0.25) is 0 Å². The summed E-state index contributed by atoms with van der Waals surface area (Å²) in [4.78, 5) is 15.0. The van der Waals surface area contributed by atoms with Crippen molar-refractivity contribution in [2.75, 3.05) is 0 Å². The second kappa shape index (κ2) is 13.6. The molecule has 6 heteroatoms. The van der Waals surface area contributed by atoms with Crippen molar-refractivity contribution in [2.24, 2.45) is 5.92 Å². The van der Waals surface area contributed by atoms with Crippen LogP contribution in [-0.4, -0.2) is 54.6 Å². The highest BCUT2D eigenvalue weighted by Gasteiger charge is 2.40. The molecule has 0 spiro atoms. The number of hydrogen-bond acceptors (Lipinski definition) is 4. The van der Waals surface area contributed by atoms with Crippen LogP contribution in [0.1, 0.15) is 65.4 Å². The molecule has 1 aromatic carbocycles. The molecule has 1 saturated carbocycles. The summed E-state index contributed by atoms with van der Waals surface area (Å²) in [6.07, 6.45) is 2.95. The molecule has 0 bridgehead atoms. The molecule has 1 fully saturated rings. The highest BCUT2D eigenvalue weighted by Crippen LogP contribution is 2.34. The predicted octanol–water partition coefficient (Wildman–Crippen LogP) is 7.03. The SMILES string of the molecule is C=C(C[Si](C)(C)C)[C@H](OC(=O)N(C(C)C)C(C)C)[C@@H](O)[C@H](OCc1ccccc1)C1CCCCC1. The van der Waals surface area contributed by atoms with Gasteiger partial charge in [-0.25, -0.2) is 4.79 Å². The molecule has 1 aliphatic carbocycles. The maximum absolute atomic E-state index is 13.3. The molecule has 1 aliphatic rings. The zero-order valence-corrected chi connectivity index (χ0v) is 24.1. The molecule has 0 heterocycles. The summed E-state index contributed by atoms with van der Waals surface area (Å²) in [5, 5.41) is 11.8. The molecule has 1 amide bonds. The van der Waals surface area contributed by atoms with Crippen LogP contribution >= 0.6 is 0 Å². The Bertz CT molecular complexity index is 776. The largest absolute Gasteiger partial charge is 0.439 e. The van der Waals surface area contributed by atoms with E-state index < -0.39 is 32.5 Å². The van der Waals surface area contributed by atoms with E-state index in [2.05, 4.69) is 26.2 Å². The van der Waals surface area contributed by atoms with E-state index in [-0.39, 0.29) is 18.0 Å². The van der Waals surface area contributed by atoms with E-state index in [1.54, 1.807) is 4.90 Å². The van der Waals surface area contributed by atoms with Crippen molar-refractivity contribution in [3.05, 3.63) is 48.0 Å². The minimum atomic E-state index is -1.55. The number of ether oxygens (including phenoxy) is 2. The van der Waals surface area contributed by atoms with Crippen molar-refractivity contribution in [1.29, 1.82) is 0 Å². The van der Waals surface area contributed by atoms with Gasteiger partial charge in [-0.3, -0.25) is 0 Å². The van der Waals surface area contributed by atoms with Crippen molar-refractivity contribution in [3.63, 3.8) is 0 Å². The lowest BCUT2D eigenvalue weighted by Crippen LogP contribution is -2.50. The first-order chi connectivity index (χ1) is 16.4. The molecular weight excluding hydrogens is 454 g/mol. The van der Waals surface area contributed by atoms with E-state index in [4.69, 9.17) is 9.47 Å². The standard InChI is InChI=1S/C29H49NO4Si/c1-21(2)30(22(3)4)29(32)34-27(23(5)20-35(6,7)8)26(31)28(25-17-13-10-14-18-25)33-19-24-15-11-9-12-16-24/h9,11-12,15-16,21-22,25-28,31H,5,10,13-14,17-20H2,1-4,6-8H3/t26-,27+,28-/m1/s1. The Hall–Kier alpha value is -1.63. The Balaban J connectivity index is 2.33. The summed E-state index contributed by atoms with van der Waals surface area (Å²) in [6, 6.07) is 10.8. The van der Waals surface area contributed by atoms with Crippen molar-refractivity contribution < 1.29 is 19.4 Å². The molecule has 0 radical (unpaired) electrons. The van der Waals surface area contributed by atoms with Crippen LogP contribution in [-0.2, 0) is 16.1 Å². The summed E-state index contributed by atoms with van der Waals surface area (Å²) in [5.41, 5.74) is 1.86. The van der Waals surface area contributed by atoms with Gasteiger partial charge < -0.3 is 19.5 Å². The van der Waals surface area contributed by atoms with Crippen molar-refractivity contribution >= 4 is 14.2 Å². The number of aliphatic hydroxyl groups is 1. The molecule has 1 aromatic rings. The van der Waals surface area contributed by atoms with Gasteiger partial charge in [-0.1, -0.05) is 75.8 Å². The Morgan fingerprint density at radius 2 is 1.63 bits per heavy atom. The summed E-state index contributed by atoms with van der Waals surface area (Å²) in [5.74, 6) is 0.231. The number of rotatable bonds is 12. The molecule has 0 saturated heterocycles. The topological polar surface area (TPSA) is 59.0 Å². The third kappa shape index (κ3) is 9.39. The second-order valence-electron chi connectivity index (χ2n) is 11.9. The fraction of sp³-hybridized carbons (Fsp3) is 0.690. The van der Waals surface area contributed by atoms with Crippen LogP contribution in [0.5, 0.6) is 0 Å². The lowest BCUT2D eigenvalue weighted by Gasteiger charge is -2.39. The second-order valence-corrected chi connectivity index (χ2v) is 17.4. The summed E-state index contributed by atoms with van der Waals surface area (Å²) in [6.45, 7) is 19.5. The maximum Gasteiger partial charge on any atom is 0.410 e. The summed E-state index contributed by atoms with van der Waals surface area (Å²) < 4.78 is 12.6. The van der Waals surface area contributed by atoms with E-state index in [0.717, 1.165) is 42.9 Å². The fourth-order valence-electron chi connectivity index (χ4n) is 5.28. The average molecular weight is 504 g/mol. The molecule has 1 N–H and O–H groups in total. The van der Waals surface area contributed by atoms with Gasteiger partial charge >= 0.3 is 6.09 Å². The van der Waals surface area contributed by atoms with Gasteiger partial charge in [0.25, 0.3) is 0 Å². The van der Waals surface area contributed by atoms with Crippen LogP contribution in [0, 0.1) is 5.92 Å². The lowest BCUT2D eigenvalue weighted by atomic mass is 9.81. The number of nitrogens with zero attached hydrogens (tertiary/aromatic N) is 1. The molecule has 0 unspecified atom stereocenters. The highest BCUT2D eigenvalue weighted by molar-refractivity contribution is 6.76. The van der Waals surface area contributed by atoms with Gasteiger partial charge in [-0.05, 0) is 63.6 Å². The van der Waals surface area contributed by atoms with E-state index in [0.29, 0.717) is 6.61 Å². The van der Waals surface area contributed by atoms with Crippen LogP contribution in [0.15, 0.2) is 42.5 Å². The summed E-state index contributed by atoms with van der Waals surface area (Å²) >= 11 is 0. The zero-order chi connectivity index (χ0) is 26.2. The lowest BCUT2D eigenvalue weighted by molar-refractivity contribution is -0.119. The molecule has 5 nitrogen and oxygen atoms in total. The van der Waals surface area contributed by atoms with E-state index in [1.165, 1.54) is 6.42 Å². The van der Waals surface area contributed by atoms with Gasteiger partial charge in [-0.2, -0.15) is 0 Å². The third-order valence-corrected chi connectivity index (χ3v) is 8.27. The van der Waals surface area contributed by atoms with Crippen molar-refractivity contribution in [3.8, 4) is 0 Å². The first-order valence-electron chi connectivity index (χ1n) is 13.4. The number of aliphatic hydroxyl groups excluding tert-OH is 1. The van der Waals surface area contributed by atoms with Gasteiger partial charge in [0.15, 0.2) is 6.10 Å². The Morgan fingerprint density at radius 1 is 1.06 bits per heavy atom. The third-order valence-electron chi connectivity index (χ3n) is 6.76. The highest BCUT2D eigenvalue weighted by atomic mass is 28.3. The van der Waals surface area contributed by atoms with Crippen LogP contribution in [0.4, 0.5) is 4.79 Å². The number of amides is 1. The first kappa shape index (κ1) is 29.6. The number of carbonyl (C=O) groups is 1. The van der Waals surface area contributed by atoms with Crippen LogP contribution in [0.25, 0.3) is 0 Å². The molecule has 2 rings (SSSR count). The number of benzene rings is 1. The maximum atomic E-state index is 13.3. The Labute approximate surface area is 214 Å². The molecule has 3 atom stereocenters. The Morgan fingerprint density at radius 3 is 2.14 bits per heavy atom. The van der Waals surface area contributed by atoms with Crippen LogP contribution < -0.4 is 0 Å². The zero-order valence-electron chi connectivity index (χ0n) is 23.1. The fourth-order valence-corrected chi connectivity index (χ4v) is 6.84. The minimum Gasteiger partial charge on any atom is -0.439 e. The van der Waals surface area contributed by atoms with E-state index in [1.807, 2.05) is 58.0 Å². The van der Waals surface area contributed by atoms with E-state index in [9.17, 15) is 9.90 Å². The van der Waals surface area contributed by atoms with Crippen molar-refractivity contribution in [2.45, 2.75) is 122 Å². The van der Waals surface area contributed by atoms with Gasteiger partial charge in [0, 0.05) is 20.2 Å². The molecule has 0 aromatic heterocycles. The van der Waals surface area contributed by atoms with Gasteiger partial charge in [0.05, 0.1) is 12.7 Å². The van der Waals surface area contributed by atoms with Crippen LogP contribution in [0.2, 0.25) is 25.7 Å². The Kier molecular flexibility index (Phi) is 11.5. The average Bonchev–Trinajstić information content (AvgIpc) is 2.77. The van der Waals surface area contributed by atoms with Gasteiger partial charge in [0.1, 0.15) is 6.10 Å². The van der Waals surface area contributed by atoms with Gasteiger partial charge in [-0.15, -0.1) is 0 Å². The molecule has 35 heavy (non-hydrogen) atoms. The normalized spacial score (nSPS) is 17.8. The monoisotopic (exact) mass is 503 g/mol. The number of hydrogen-bond donors (Lipinski definition) is 1. The van der Waals surface area contributed by atoms with Crippen molar-refractivity contribution in [1.82, 2.24) is 4.90 Å². The first-order valence-corrected chi connectivity index (χ1v) is 17.1. The predicted molar refractivity (Wildman–Crippen MR) is 147 cm³/mol. The molecule has 198 valence electrons. The molecular formula is C29H49NO4Si. The summed E-state index contributed by atoms with van der Waals surface area (Å²) in [7, 11) is -1.55. The quantitative estimate of drug-likeness (QED) is 0.246.